The predicted octanol–water partition coefficient (Wildman–Crippen LogP) is 2.66. The Labute approximate surface area is 188 Å². The number of halogens is 4. The summed E-state index contributed by atoms with van der Waals surface area (Å²) in [7, 11) is 0. The van der Waals surface area contributed by atoms with Crippen LogP contribution in [0, 0.1) is 11.8 Å². The molecule has 0 radical (unpaired) electrons. The lowest BCUT2D eigenvalue weighted by molar-refractivity contribution is -0.346. The van der Waals surface area contributed by atoms with Crippen molar-refractivity contribution in [3.8, 4) is 0 Å². The molecule has 3 heterocycles. The quantitative estimate of drug-likeness (QED) is 0.453. The average molecular weight is 466 g/mol. The van der Waals surface area contributed by atoms with E-state index in [2.05, 4.69) is 37.8 Å². The molecule has 0 aromatic rings. The molecule has 4 aliphatic rings. The molecule has 0 bridgehead atoms. The standard InChI is InChI=1S/C22H39F4N5O/c1-14-4-5-15(11-27-14)12-28-20-19(23)21(30-13-29-20)31-10-2-3-18(31)16-6-8-17(9-7-16)32-22(24,25)26/h14-21,27-30H,2-13H2,1H3. The molecule has 10 heteroatoms. The van der Waals surface area contributed by atoms with Crippen LogP contribution in [0.15, 0.2) is 0 Å². The van der Waals surface area contributed by atoms with Crippen molar-refractivity contribution in [3.05, 3.63) is 0 Å². The fraction of sp³-hybridized carbons (Fsp3) is 1.00. The van der Waals surface area contributed by atoms with Crippen LogP contribution in [0.2, 0.25) is 0 Å². The summed E-state index contributed by atoms with van der Waals surface area (Å²) in [4.78, 5) is 2.25. The van der Waals surface area contributed by atoms with Crippen LogP contribution in [0.1, 0.15) is 58.3 Å². The van der Waals surface area contributed by atoms with Gasteiger partial charge in [-0.05, 0) is 76.7 Å². The lowest BCUT2D eigenvalue weighted by atomic mass is 9.81. The number of piperidine rings is 1. The second-order valence-corrected chi connectivity index (χ2v) is 10.2. The fourth-order valence-corrected chi connectivity index (χ4v) is 6.14. The van der Waals surface area contributed by atoms with Crippen LogP contribution in [0.25, 0.3) is 0 Å². The number of rotatable bonds is 6. The molecular weight excluding hydrogens is 426 g/mol. The largest absolute Gasteiger partial charge is 0.522 e. The van der Waals surface area contributed by atoms with Crippen LogP contribution in [0.4, 0.5) is 17.6 Å². The number of nitrogens with zero attached hydrogens (tertiary/aromatic N) is 1. The van der Waals surface area contributed by atoms with Crippen LogP contribution in [-0.2, 0) is 4.74 Å². The van der Waals surface area contributed by atoms with E-state index in [0.717, 1.165) is 45.3 Å². The molecule has 186 valence electrons. The second kappa shape index (κ2) is 10.8. The van der Waals surface area contributed by atoms with Gasteiger partial charge in [0.25, 0.3) is 0 Å². The monoisotopic (exact) mass is 465 g/mol. The maximum absolute atomic E-state index is 15.6. The molecule has 0 aromatic heterocycles. The Kier molecular flexibility index (Phi) is 8.32. The summed E-state index contributed by atoms with van der Waals surface area (Å²) in [6.07, 6.45) is -0.598. The van der Waals surface area contributed by atoms with Crippen LogP contribution >= 0.6 is 0 Å². The van der Waals surface area contributed by atoms with Crippen molar-refractivity contribution in [1.82, 2.24) is 26.2 Å². The van der Waals surface area contributed by atoms with Crippen LogP contribution < -0.4 is 21.3 Å². The Morgan fingerprint density at radius 1 is 1.00 bits per heavy atom. The van der Waals surface area contributed by atoms with Crippen molar-refractivity contribution in [2.75, 3.05) is 26.3 Å². The Morgan fingerprint density at radius 2 is 1.78 bits per heavy atom. The number of likely N-dealkylation sites (tertiary alicyclic amines) is 1. The smallest absolute Gasteiger partial charge is 0.314 e. The topological polar surface area (TPSA) is 60.6 Å². The summed E-state index contributed by atoms with van der Waals surface area (Å²) in [5.41, 5.74) is 0. The third-order valence-corrected chi connectivity index (χ3v) is 7.91. The Bertz CT molecular complexity index is 581. The molecule has 6 unspecified atom stereocenters. The van der Waals surface area contributed by atoms with Crippen LogP contribution in [0.5, 0.6) is 0 Å². The summed E-state index contributed by atoms with van der Waals surface area (Å²) in [6.45, 7) is 5.32. The maximum atomic E-state index is 15.6. The van der Waals surface area contributed by atoms with Gasteiger partial charge in [0, 0.05) is 31.8 Å². The minimum Gasteiger partial charge on any atom is -0.314 e. The molecule has 6 nitrogen and oxygen atoms in total. The van der Waals surface area contributed by atoms with Crippen molar-refractivity contribution in [3.63, 3.8) is 0 Å². The van der Waals surface area contributed by atoms with E-state index in [0.29, 0.717) is 50.2 Å². The predicted molar refractivity (Wildman–Crippen MR) is 114 cm³/mol. The van der Waals surface area contributed by atoms with Gasteiger partial charge in [-0.2, -0.15) is 0 Å². The highest BCUT2D eigenvalue weighted by atomic mass is 19.4. The molecule has 0 aromatic carbocycles. The zero-order chi connectivity index (χ0) is 22.7. The minimum atomic E-state index is -4.56. The van der Waals surface area contributed by atoms with Gasteiger partial charge in [-0.15, -0.1) is 13.2 Å². The molecule has 32 heavy (non-hydrogen) atoms. The summed E-state index contributed by atoms with van der Waals surface area (Å²) in [5.74, 6) is 0.818. The Balaban J connectivity index is 1.28. The fourth-order valence-electron chi connectivity index (χ4n) is 6.14. The van der Waals surface area contributed by atoms with Gasteiger partial charge in [0.1, 0.15) is 0 Å². The molecule has 4 N–H and O–H groups in total. The molecule has 4 rings (SSSR count). The van der Waals surface area contributed by atoms with Gasteiger partial charge in [0.2, 0.25) is 0 Å². The van der Waals surface area contributed by atoms with E-state index in [1.54, 1.807) is 0 Å². The third-order valence-electron chi connectivity index (χ3n) is 7.91. The highest BCUT2D eigenvalue weighted by molar-refractivity contribution is 4.97. The molecular formula is C22H39F4N5O. The molecule has 0 spiro atoms. The normalized spacial score (nSPS) is 42.3. The number of ether oxygens (including phenoxy) is 1. The first-order valence-electron chi connectivity index (χ1n) is 12.4. The van der Waals surface area contributed by atoms with Gasteiger partial charge >= 0.3 is 6.36 Å². The molecule has 3 aliphatic heterocycles. The molecule has 6 atom stereocenters. The SMILES string of the molecule is CC1CCC(CNC2NCNC(N3CCCC3C3CCC(OC(F)(F)F)CC3)C2F)CN1. The first-order valence-corrected chi connectivity index (χ1v) is 12.4. The van der Waals surface area contributed by atoms with E-state index in [9.17, 15) is 13.2 Å². The second-order valence-electron chi connectivity index (χ2n) is 10.2. The molecule has 1 saturated carbocycles. The lowest BCUT2D eigenvalue weighted by Crippen LogP contribution is -2.69. The van der Waals surface area contributed by atoms with Gasteiger partial charge in [0.15, 0.2) is 6.17 Å². The van der Waals surface area contributed by atoms with E-state index in [1.807, 2.05) is 0 Å². The van der Waals surface area contributed by atoms with Gasteiger partial charge in [-0.3, -0.25) is 25.6 Å². The van der Waals surface area contributed by atoms with Crippen molar-refractivity contribution in [2.24, 2.45) is 11.8 Å². The molecule has 0 amide bonds. The molecule has 4 fully saturated rings. The van der Waals surface area contributed by atoms with Crippen molar-refractivity contribution < 1.29 is 22.3 Å². The van der Waals surface area contributed by atoms with E-state index in [4.69, 9.17) is 0 Å². The summed E-state index contributed by atoms with van der Waals surface area (Å²) in [6, 6.07) is 0.782. The summed E-state index contributed by atoms with van der Waals surface area (Å²) in [5, 5.41) is 13.4. The minimum absolute atomic E-state index is 0.223. The average Bonchev–Trinajstić information content (AvgIpc) is 3.23. The van der Waals surface area contributed by atoms with E-state index >= 15 is 4.39 Å². The van der Waals surface area contributed by atoms with E-state index in [-0.39, 0.29) is 12.2 Å². The zero-order valence-corrected chi connectivity index (χ0v) is 19.0. The van der Waals surface area contributed by atoms with Gasteiger partial charge in [0.05, 0.1) is 18.4 Å². The highest BCUT2D eigenvalue weighted by Crippen LogP contribution is 2.38. The first kappa shape index (κ1) is 24.6. The highest BCUT2D eigenvalue weighted by Gasteiger charge is 2.44. The Hall–Kier alpha value is -0.520. The Morgan fingerprint density at radius 3 is 2.47 bits per heavy atom. The maximum Gasteiger partial charge on any atom is 0.522 e. The number of nitrogens with one attached hydrogen (secondary N) is 4. The van der Waals surface area contributed by atoms with Crippen molar-refractivity contribution in [2.45, 2.75) is 101 Å². The van der Waals surface area contributed by atoms with Gasteiger partial charge in [-0.25, -0.2) is 4.39 Å². The molecule has 3 saturated heterocycles. The number of hydrogen-bond acceptors (Lipinski definition) is 6. The number of alkyl halides is 4. The van der Waals surface area contributed by atoms with E-state index in [1.165, 1.54) is 0 Å². The van der Waals surface area contributed by atoms with Crippen molar-refractivity contribution in [1.29, 1.82) is 0 Å². The third kappa shape index (κ3) is 6.33. The van der Waals surface area contributed by atoms with Gasteiger partial charge in [-0.1, -0.05) is 0 Å². The summed E-state index contributed by atoms with van der Waals surface area (Å²) < 4.78 is 57.4. The number of hydrogen-bond donors (Lipinski definition) is 4. The van der Waals surface area contributed by atoms with Gasteiger partial charge < -0.3 is 5.32 Å². The van der Waals surface area contributed by atoms with Crippen molar-refractivity contribution >= 4 is 0 Å². The van der Waals surface area contributed by atoms with E-state index < -0.39 is 24.8 Å². The van der Waals surface area contributed by atoms with Crippen LogP contribution in [0.3, 0.4) is 0 Å². The van der Waals surface area contributed by atoms with Crippen LogP contribution in [-0.4, -0.2) is 74.3 Å². The lowest BCUT2D eigenvalue weighted by Gasteiger charge is -2.45. The molecule has 1 aliphatic carbocycles. The first-order chi connectivity index (χ1) is 15.3. The summed E-state index contributed by atoms with van der Waals surface area (Å²) >= 11 is 0. The zero-order valence-electron chi connectivity index (χ0n) is 19.0.